The SMILES string of the molecule is COc1cc(C(=O)N2CCOC[C@@H]2C(=O)O)cc(OC)c1C. The van der Waals surface area contributed by atoms with Crippen molar-refractivity contribution in [2.75, 3.05) is 34.0 Å². The summed E-state index contributed by atoms with van der Waals surface area (Å²) < 4.78 is 15.6. The average molecular weight is 309 g/mol. The lowest BCUT2D eigenvalue weighted by atomic mass is 10.1. The van der Waals surface area contributed by atoms with Crippen molar-refractivity contribution in [3.8, 4) is 11.5 Å². The van der Waals surface area contributed by atoms with Crippen LogP contribution in [0.2, 0.25) is 0 Å². The van der Waals surface area contributed by atoms with Crippen LogP contribution in [0, 0.1) is 6.92 Å². The van der Waals surface area contributed by atoms with Gasteiger partial charge in [-0.1, -0.05) is 0 Å². The van der Waals surface area contributed by atoms with E-state index in [1.54, 1.807) is 12.1 Å². The molecule has 1 saturated heterocycles. The van der Waals surface area contributed by atoms with Crippen LogP contribution >= 0.6 is 0 Å². The fourth-order valence-electron chi connectivity index (χ4n) is 2.43. The second-order valence-corrected chi connectivity index (χ2v) is 4.93. The number of carboxylic acid groups (broad SMARTS) is 1. The molecule has 120 valence electrons. The van der Waals surface area contributed by atoms with Crippen LogP contribution in [0.15, 0.2) is 12.1 Å². The molecule has 0 spiro atoms. The minimum absolute atomic E-state index is 0.0127. The molecule has 1 amide bonds. The van der Waals surface area contributed by atoms with E-state index in [-0.39, 0.29) is 19.1 Å². The van der Waals surface area contributed by atoms with Gasteiger partial charge in [-0.2, -0.15) is 0 Å². The minimum atomic E-state index is -1.08. The van der Waals surface area contributed by atoms with Crippen molar-refractivity contribution in [3.63, 3.8) is 0 Å². The van der Waals surface area contributed by atoms with Crippen LogP contribution in [0.4, 0.5) is 0 Å². The Bertz CT molecular complexity index is 560. The number of morpholine rings is 1. The fourth-order valence-corrected chi connectivity index (χ4v) is 2.43. The molecule has 1 aliphatic rings. The molecule has 1 atom stereocenters. The number of rotatable bonds is 4. The van der Waals surface area contributed by atoms with Gasteiger partial charge in [0.25, 0.3) is 5.91 Å². The van der Waals surface area contributed by atoms with Gasteiger partial charge in [0.05, 0.1) is 27.4 Å². The molecule has 7 nitrogen and oxygen atoms in total. The molecule has 7 heteroatoms. The predicted octanol–water partition coefficient (Wildman–Crippen LogP) is 0.938. The van der Waals surface area contributed by atoms with Crippen LogP contribution in [0.25, 0.3) is 0 Å². The Morgan fingerprint density at radius 3 is 2.36 bits per heavy atom. The summed E-state index contributed by atoms with van der Waals surface area (Å²) in [5, 5.41) is 9.23. The van der Waals surface area contributed by atoms with Crippen molar-refractivity contribution >= 4 is 11.9 Å². The number of carbonyl (C=O) groups excluding carboxylic acids is 1. The van der Waals surface area contributed by atoms with E-state index in [4.69, 9.17) is 14.2 Å². The van der Waals surface area contributed by atoms with Crippen LogP contribution in [0.1, 0.15) is 15.9 Å². The molecule has 1 aliphatic heterocycles. The second-order valence-electron chi connectivity index (χ2n) is 4.93. The third-order valence-corrected chi connectivity index (χ3v) is 3.67. The summed E-state index contributed by atoms with van der Waals surface area (Å²) in [6.45, 7) is 2.35. The van der Waals surface area contributed by atoms with E-state index in [0.29, 0.717) is 23.7 Å². The van der Waals surface area contributed by atoms with Crippen molar-refractivity contribution in [2.24, 2.45) is 0 Å². The summed E-state index contributed by atoms with van der Waals surface area (Å²) in [6.07, 6.45) is 0. The van der Waals surface area contributed by atoms with Gasteiger partial charge in [-0.05, 0) is 19.1 Å². The van der Waals surface area contributed by atoms with Gasteiger partial charge in [0.15, 0.2) is 6.04 Å². The molecule has 1 aromatic carbocycles. The number of hydrogen-bond acceptors (Lipinski definition) is 5. The molecular formula is C15H19NO6. The summed E-state index contributed by atoms with van der Waals surface area (Å²) in [5.74, 6) is -0.433. The smallest absolute Gasteiger partial charge is 0.328 e. The predicted molar refractivity (Wildman–Crippen MR) is 77.6 cm³/mol. The number of methoxy groups -OCH3 is 2. The average Bonchev–Trinajstić information content (AvgIpc) is 2.54. The molecule has 1 aromatic rings. The van der Waals surface area contributed by atoms with E-state index in [1.165, 1.54) is 19.1 Å². The topological polar surface area (TPSA) is 85.3 Å². The number of amides is 1. The number of aliphatic carboxylic acids is 1. The molecular weight excluding hydrogens is 290 g/mol. The number of hydrogen-bond donors (Lipinski definition) is 1. The quantitative estimate of drug-likeness (QED) is 0.891. The first-order chi connectivity index (χ1) is 10.5. The van der Waals surface area contributed by atoms with E-state index in [1.807, 2.05) is 6.92 Å². The zero-order chi connectivity index (χ0) is 16.3. The van der Waals surface area contributed by atoms with Gasteiger partial charge in [-0.25, -0.2) is 4.79 Å². The highest BCUT2D eigenvalue weighted by Crippen LogP contribution is 2.30. The molecule has 1 heterocycles. The maximum Gasteiger partial charge on any atom is 0.328 e. The largest absolute Gasteiger partial charge is 0.496 e. The Morgan fingerprint density at radius 2 is 1.86 bits per heavy atom. The van der Waals surface area contributed by atoms with Crippen LogP contribution in [-0.4, -0.2) is 61.9 Å². The summed E-state index contributed by atoms with van der Waals surface area (Å²) >= 11 is 0. The first-order valence-electron chi connectivity index (χ1n) is 6.83. The van der Waals surface area contributed by atoms with E-state index in [9.17, 15) is 14.7 Å². The van der Waals surface area contributed by atoms with Gasteiger partial charge in [-0.15, -0.1) is 0 Å². The Hall–Kier alpha value is -2.28. The van der Waals surface area contributed by atoms with Crippen LogP contribution < -0.4 is 9.47 Å². The number of nitrogens with zero attached hydrogens (tertiary/aromatic N) is 1. The summed E-state index contributed by atoms with van der Waals surface area (Å²) in [4.78, 5) is 25.2. The van der Waals surface area contributed by atoms with Crippen molar-refractivity contribution in [1.82, 2.24) is 4.90 Å². The summed E-state index contributed by atoms with van der Waals surface area (Å²) in [5.41, 5.74) is 1.10. The third-order valence-electron chi connectivity index (χ3n) is 3.67. The number of benzene rings is 1. The molecule has 0 aliphatic carbocycles. The first kappa shape index (κ1) is 16.1. The molecule has 1 fully saturated rings. The maximum atomic E-state index is 12.7. The fraction of sp³-hybridized carbons (Fsp3) is 0.467. The molecule has 0 bridgehead atoms. The van der Waals surface area contributed by atoms with Crippen molar-refractivity contribution in [3.05, 3.63) is 23.3 Å². The lowest BCUT2D eigenvalue weighted by molar-refractivity contribution is -0.147. The van der Waals surface area contributed by atoms with Crippen molar-refractivity contribution in [2.45, 2.75) is 13.0 Å². The normalized spacial score (nSPS) is 18.0. The summed E-state index contributed by atoms with van der Waals surface area (Å²) in [7, 11) is 3.01. The van der Waals surface area contributed by atoms with Gasteiger partial charge < -0.3 is 24.2 Å². The Morgan fingerprint density at radius 1 is 1.27 bits per heavy atom. The van der Waals surface area contributed by atoms with E-state index < -0.39 is 12.0 Å². The molecule has 0 aromatic heterocycles. The molecule has 0 unspecified atom stereocenters. The van der Waals surface area contributed by atoms with Gasteiger partial charge in [0, 0.05) is 17.7 Å². The Balaban J connectivity index is 2.37. The highest BCUT2D eigenvalue weighted by Gasteiger charge is 2.33. The highest BCUT2D eigenvalue weighted by atomic mass is 16.5. The molecule has 2 rings (SSSR count). The van der Waals surface area contributed by atoms with E-state index in [0.717, 1.165) is 5.56 Å². The van der Waals surface area contributed by atoms with Gasteiger partial charge >= 0.3 is 5.97 Å². The Labute approximate surface area is 128 Å². The van der Waals surface area contributed by atoms with Gasteiger partial charge in [0.1, 0.15) is 11.5 Å². The second kappa shape index (κ2) is 6.65. The van der Waals surface area contributed by atoms with E-state index in [2.05, 4.69) is 0 Å². The third kappa shape index (κ3) is 2.99. The number of carboxylic acids is 1. The van der Waals surface area contributed by atoms with Crippen molar-refractivity contribution < 1.29 is 28.9 Å². The van der Waals surface area contributed by atoms with Crippen molar-refractivity contribution in [1.29, 1.82) is 0 Å². The molecule has 22 heavy (non-hydrogen) atoms. The minimum Gasteiger partial charge on any atom is -0.496 e. The maximum absolute atomic E-state index is 12.7. The van der Waals surface area contributed by atoms with E-state index >= 15 is 0 Å². The first-order valence-corrected chi connectivity index (χ1v) is 6.83. The van der Waals surface area contributed by atoms with Gasteiger partial charge in [0.2, 0.25) is 0 Å². The molecule has 0 saturated carbocycles. The monoisotopic (exact) mass is 309 g/mol. The standard InChI is InChI=1S/C15H19NO6/c1-9-12(20-2)6-10(7-13(9)21-3)14(17)16-4-5-22-8-11(16)15(18)19/h6-7,11H,4-5,8H2,1-3H3,(H,18,19)/t11-/m1/s1. The van der Waals surface area contributed by atoms with Gasteiger partial charge in [-0.3, -0.25) is 4.79 Å². The molecule has 0 radical (unpaired) electrons. The zero-order valence-corrected chi connectivity index (χ0v) is 12.8. The zero-order valence-electron chi connectivity index (χ0n) is 12.8. The van der Waals surface area contributed by atoms with Crippen LogP contribution in [0.5, 0.6) is 11.5 Å². The van der Waals surface area contributed by atoms with Crippen LogP contribution in [-0.2, 0) is 9.53 Å². The lowest BCUT2D eigenvalue weighted by Gasteiger charge is -2.33. The molecule has 1 N–H and O–H groups in total. The van der Waals surface area contributed by atoms with Crippen LogP contribution in [0.3, 0.4) is 0 Å². The summed E-state index contributed by atoms with van der Waals surface area (Å²) in [6, 6.07) is 2.20. The Kier molecular flexibility index (Phi) is 4.87. The number of carbonyl (C=O) groups is 2. The number of ether oxygens (including phenoxy) is 3. The lowest BCUT2D eigenvalue weighted by Crippen LogP contribution is -2.52. The highest BCUT2D eigenvalue weighted by molar-refractivity contribution is 5.97.